The van der Waals surface area contributed by atoms with Crippen molar-refractivity contribution in [2.45, 2.75) is 31.8 Å². The molecule has 2 rings (SSSR count). The first-order valence-electron chi connectivity index (χ1n) is 6.15. The molecule has 0 spiro atoms. The molecule has 0 saturated carbocycles. The van der Waals surface area contributed by atoms with Crippen molar-refractivity contribution in [2.75, 3.05) is 6.54 Å². The van der Waals surface area contributed by atoms with E-state index in [0.717, 1.165) is 35.8 Å². The highest BCUT2D eigenvalue weighted by atomic mass is 79.9. The number of benzene rings is 1. The number of carbonyl (C=O) groups excluding carboxylic acids is 1. The Hall–Kier alpha value is -1.07. The van der Waals surface area contributed by atoms with Crippen molar-refractivity contribution in [2.24, 2.45) is 0 Å². The van der Waals surface area contributed by atoms with Gasteiger partial charge in [-0.05, 0) is 37.5 Å². The SMILES string of the molecule is O=C1NCCCCC1NCc1cc(Br)ccc1O. The van der Waals surface area contributed by atoms with Crippen LogP contribution in [0.15, 0.2) is 22.7 Å². The van der Waals surface area contributed by atoms with Crippen LogP contribution in [0.25, 0.3) is 0 Å². The molecule has 1 unspecified atom stereocenters. The molecule has 0 aliphatic carbocycles. The molecule has 0 bridgehead atoms. The summed E-state index contributed by atoms with van der Waals surface area (Å²) in [6.07, 6.45) is 2.92. The maximum Gasteiger partial charge on any atom is 0.237 e. The van der Waals surface area contributed by atoms with Gasteiger partial charge in [0.2, 0.25) is 5.91 Å². The summed E-state index contributed by atoms with van der Waals surface area (Å²) in [6, 6.07) is 5.13. The number of hydrogen-bond donors (Lipinski definition) is 3. The third-order valence-corrected chi connectivity index (χ3v) is 3.61. The number of amides is 1. The Bertz CT molecular complexity index is 437. The molecule has 4 nitrogen and oxygen atoms in total. The van der Waals surface area contributed by atoms with Crippen LogP contribution in [0.3, 0.4) is 0 Å². The molecule has 1 aromatic carbocycles. The molecule has 0 radical (unpaired) electrons. The minimum atomic E-state index is -0.161. The van der Waals surface area contributed by atoms with Gasteiger partial charge in [0.05, 0.1) is 6.04 Å². The zero-order valence-electron chi connectivity index (χ0n) is 10.1. The number of nitrogens with one attached hydrogen (secondary N) is 2. The van der Waals surface area contributed by atoms with E-state index < -0.39 is 0 Å². The van der Waals surface area contributed by atoms with Gasteiger partial charge in [0, 0.05) is 23.1 Å². The number of phenolic OH excluding ortho intramolecular Hbond substituents is 1. The Morgan fingerprint density at radius 3 is 3.11 bits per heavy atom. The van der Waals surface area contributed by atoms with Gasteiger partial charge in [-0.15, -0.1) is 0 Å². The van der Waals surface area contributed by atoms with Gasteiger partial charge in [0.1, 0.15) is 5.75 Å². The van der Waals surface area contributed by atoms with Crippen molar-refractivity contribution in [1.29, 1.82) is 0 Å². The number of phenols is 1. The van der Waals surface area contributed by atoms with Crippen molar-refractivity contribution < 1.29 is 9.90 Å². The predicted octanol–water partition coefficient (Wildman–Crippen LogP) is 1.91. The van der Waals surface area contributed by atoms with E-state index in [-0.39, 0.29) is 17.7 Å². The summed E-state index contributed by atoms with van der Waals surface area (Å²) in [5.41, 5.74) is 0.793. The van der Waals surface area contributed by atoms with Crippen LogP contribution < -0.4 is 10.6 Å². The van der Waals surface area contributed by atoms with Crippen LogP contribution in [0.4, 0.5) is 0 Å². The number of rotatable bonds is 3. The van der Waals surface area contributed by atoms with Gasteiger partial charge in [0.15, 0.2) is 0 Å². The third kappa shape index (κ3) is 3.46. The predicted molar refractivity (Wildman–Crippen MR) is 73.3 cm³/mol. The highest BCUT2D eigenvalue weighted by Crippen LogP contribution is 2.22. The van der Waals surface area contributed by atoms with E-state index in [1.54, 1.807) is 12.1 Å². The van der Waals surface area contributed by atoms with E-state index in [1.165, 1.54) is 0 Å². The van der Waals surface area contributed by atoms with Crippen molar-refractivity contribution in [3.63, 3.8) is 0 Å². The molecule has 1 aromatic rings. The first-order valence-corrected chi connectivity index (χ1v) is 6.94. The Labute approximate surface area is 115 Å². The summed E-state index contributed by atoms with van der Waals surface area (Å²) in [5, 5.41) is 15.8. The first kappa shape index (κ1) is 13.4. The normalized spacial score (nSPS) is 20.3. The van der Waals surface area contributed by atoms with Crippen molar-refractivity contribution in [3.05, 3.63) is 28.2 Å². The molecule has 3 N–H and O–H groups in total. The number of carbonyl (C=O) groups is 1. The first-order chi connectivity index (χ1) is 8.66. The van der Waals surface area contributed by atoms with E-state index in [2.05, 4.69) is 26.6 Å². The van der Waals surface area contributed by atoms with Crippen LogP contribution >= 0.6 is 15.9 Å². The molecule has 1 aliphatic rings. The quantitative estimate of drug-likeness (QED) is 0.799. The summed E-state index contributed by atoms with van der Waals surface area (Å²) >= 11 is 3.37. The van der Waals surface area contributed by atoms with Gasteiger partial charge in [-0.3, -0.25) is 4.79 Å². The van der Waals surface area contributed by atoms with E-state index in [0.29, 0.717) is 6.54 Å². The lowest BCUT2D eigenvalue weighted by molar-refractivity contribution is -0.122. The molecule has 0 aromatic heterocycles. The Morgan fingerprint density at radius 2 is 2.28 bits per heavy atom. The smallest absolute Gasteiger partial charge is 0.237 e. The minimum absolute atomic E-state index is 0.0574. The maximum atomic E-state index is 11.7. The molecule has 18 heavy (non-hydrogen) atoms. The third-order valence-electron chi connectivity index (χ3n) is 3.12. The minimum Gasteiger partial charge on any atom is -0.508 e. The highest BCUT2D eigenvalue weighted by molar-refractivity contribution is 9.10. The van der Waals surface area contributed by atoms with Crippen molar-refractivity contribution in [1.82, 2.24) is 10.6 Å². The van der Waals surface area contributed by atoms with Gasteiger partial charge in [-0.25, -0.2) is 0 Å². The fraction of sp³-hybridized carbons (Fsp3) is 0.462. The fourth-order valence-corrected chi connectivity index (χ4v) is 2.47. The summed E-state index contributed by atoms with van der Waals surface area (Å²) in [5.74, 6) is 0.307. The summed E-state index contributed by atoms with van der Waals surface area (Å²) in [6.45, 7) is 1.25. The lowest BCUT2D eigenvalue weighted by Crippen LogP contribution is -2.42. The molecule has 1 saturated heterocycles. The number of hydrogen-bond acceptors (Lipinski definition) is 3. The van der Waals surface area contributed by atoms with Crippen LogP contribution in [0.2, 0.25) is 0 Å². The fourth-order valence-electron chi connectivity index (χ4n) is 2.06. The highest BCUT2D eigenvalue weighted by Gasteiger charge is 2.20. The van der Waals surface area contributed by atoms with Crippen LogP contribution in [-0.2, 0) is 11.3 Å². The zero-order chi connectivity index (χ0) is 13.0. The van der Waals surface area contributed by atoms with Gasteiger partial charge >= 0.3 is 0 Å². The summed E-state index contributed by atoms with van der Waals surface area (Å²) in [7, 11) is 0. The van der Waals surface area contributed by atoms with Crippen LogP contribution in [0, 0.1) is 0 Å². The monoisotopic (exact) mass is 312 g/mol. The number of aromatic hydroxyl groups is 1. The molecular formula is C13H17BrN2O2. The Balaban J connectivity index is 1.97. The molecule has 98 valence electrons. The van der Waals surface area contributed by atoms with E-state index >= 15 is 0 Å². The molecule has 1 aliphatic heterocycles. The van der Waals surface area contributed by atoms with E-state index in [1.807, 2.05) is 6.07 Å². The zero-order valence-corrected chi connectivity index (χ0v) is 11.7. The van der Waals surface area contributed by atoms with Gasteiger partial charge in [-0.2, -0.15) is 0 Å². The standard InChI is InChI=1S/C13H17BrN2O2/c14-10-4-5-12(17)9(7-10)8-16-11-3-1-2-6-15-13(11)18/h4-5,7,11,16-17H,1-3,6,8H2,(H,15,18). The van der Waals surface area contributed by atoms with Crippen molar-refractivity contribution >= 4 is 21.8 Å². The lowest BCUT2D eigenvalue weighted by atomic mass is 10.1. The van der Waals surface area contributed by atoms with Crippen LogP contribution in [-0.4, -0.2) is 23.6 Å². The van der Waals surface area contributed by atoms with Crippen molar-refractivity contribution in [3.8, 4) is 5.75 Å². The molecule has 1 heterocycles. The number of halogens is 1. The topological polar surface area (TPSA) is 61.4 Å². The van der Waals surface area contributed by atoms with E-state index in [4.69, 9.17) is 0 Å². The maximum absolute atomic E-state index is 11.7. The molecule has 1 fully saturated rings. The lowest BCUT2D eigenvalue weighted by Gasteiger charge is -2.15. The second kappa shape index (κ2) is 6.20. The Kier molecular flexibility index (Phi) is 4.60. The van der Waals surface area contributed by atoms with Gasteiger partial charge in [-0.1, -0.05) is 15.9 Å². The molecular weight excluding hydrogens is 296 g/mol. The van der Waals surface area contributed by atoms with Gasteiger partial charge in [0.25, 0.3) is 0 Å². The Morgan fingerprint density at radius 1 is 1.44 bits per heavy atom. The van der Waals surface area contributed by atoms with Crippen LogP contribution in [0.5, 0.6) is 5.75 Å². The molecule has 1 atom stereocenters. The summed E-state index contributed by atoms with van der Waals surface area (Å²) < 4.78 is 0.919. The average molecular weight is 313 g/mol. The molecule has 1 amide bonds. The molecule has 5 heteroatoms. The second-order valence-electron chi connectivity index (χ2n) is 4.49. The average Bonchev–Trinajstić information content (AvgIpc) is 2.55. The van der Waals surface area contributed by atoms with Crippen LogP contribution in [0.1, 0.15) is 24.8 Å². The largest absolute Gasteiger partial charge is 0.508 e. The second-order valence-corrected chi connectivity index (χ2v) is 5.41. The van der Waals surface area contributed by atoms with Gasteiger partial charge < -0.3 is 15.7 Å². The van der Waals surface area contributed by atoms with E-state index in [9.17, 15) is 9.90 Å². The summed E-state index contributed by atoms with van der Waals surface area (Å²) in [4.78, 5) is 11.7.